The van der Waals surface area contributed by atoms with E-state index in [2.05, 4.69) is 5.10 Å². The summed E-state index contributed by atoms with van der Waals surface area (Å²) in [5, 5.41) is 4.95. The Morgan fingerprint density at radius 3 is 2.39 bits per heavy atom. The highest BCUT2D eigenvalue weighted by molar-refractivity contribution is 6.39. The molecule has 2 aromatic carbocycles. The highest BCUT2D eigenvalue weighted by Gasteiger charge is 2.25. The van der Waals surface area contributed by atoms with E-state index in [0.717, 1.165) is 5.56 Å². The number of aromatic nitrogens is 2. The third-order valence-electron chi connectivity index (χ3n) is 4.38. The van der Waals surface area contributed by atoms with E-state index in [0.29, 0.717) is 22.7 Å². The molecule has 0 N–H and O–H groups in total. The van der Waals surface area contributed by atoms with E-state index in [-0.39, 0.29) is 27.8 Å². The molecule has 0 spiro atoms. The van der Waals surface area contributed by atoms with Gasteiger partial charge in [0.1, 0.15) is 5.56 Å². The second-order valence-electron chi connectivity index (χ2n) is 6.26. The Balaban J connectivity index is 2.03. The lowest BCUT2D eigenvalue weighted by molar-refractivity contribution is 0.0716. The minimum Gasteiger partial charge on any atom is -0.403 e. The van der Waals surface area contributed by atoms with Crippen molar-refractivity contribution in [1.29, 1.82) is 0 Å². The van der Waals surface area contributed by atoms with Gasteiger partial charge in [-0.15, -0.1) is 0 Å². The molecule has 28 heavy (non-hydrogen) atoms. The van der Waals surface area contributed by atoms with Gasteiger partial charge in [0.05, 0.1) is 16.8 Å². The molecule has 1 aromatic heterocycles. The van der Waals surface area contributed by atoms with Crippen LogP contribution in [0.3, 0.4) is 0 Å². The fourth-order valence-electron chi connectivity index (χ4n) is 2.83. The van der Waals surface area contributed by atoms with Gasteiger partial charge in [0, 0.05) is 17.1 Å². The van der Waals surface area contributed by atoms with E-state index in [9.17, 15) is 9.59 Å². The van der Waals surface area contributed by atoms with Crippen LogP contribution < -0.4 is 4.74 Å². The SMILES string of the molecule is CCn1ncc(C(=O)c2cc(C)c(Cl)c(C)c2Cl)c1OC(=O)c1ccccc1. The van der Waals surface area contributed by atoms with Gasteiger partial charge in [0.15, 0.2) is 0 Å². The number of halogens is 2. The molecule has 0 aliphatic rings. The van der Waals surface area contributed by atoms with Gasteiger partial charge in [0.2, 0.25) is 11.7 Å². The summed E-state index contributed by atoms with van der Waals surface area (Å²) >= 11 is 12.6. The van der Waals surface area contributed by atoms with E-state index in [4.69, 9.17) is 27.9 Å². The van der Waals surface area contributed by atoms with Gasteiger partial charge in [-0.05, 0) is 50.1 Å². The van der Waals surface area contributed by atoms with Crippen molar-refractivity contribution in [2.45, 2.75) is 27.3 Å². The Kier molecular flexibility index (Phi) is 5.87. The van der Waals surface area contributed by atoms with Gasteiger partial charge in [-0.1, -0.05) is 41.4 Å². The largest absolute Gasteiger partial charge is 0.403 e. The highest BCUT2D eigenvalue weighted by atomic mass is 35.5. The maximum absolute atomic E-state index is 13.2. The topological polar surface area (TPSA) is 61.2 Å². The Morgan fingerprint density at radius 1 is 1.07 bits per heavy atom. The number of aryl methyl sites for hydroxylation is 2. The number of ether oxygens (including phenoxy) is 1. The van der Waals surface area contributed by atoms with Crippen LogP contribution in [0.15, 0.2) is 42.6 Å². The zero-order valence-corrected chi connectivity index (χ0v) is 17.1. The fraction of sp³-hybridized carbons (Fsp3) is 0.190. The van der Waals surface area contributed by atoms with E-state index in [1.54, 1.807) is 50.2 Å². The second kappa shape index (κ2) is 8.17. The molecule has 3 aromatic rings. The molecule has 0 atom stereocenters. The normalized spacial score (nSPS) is 10.8. The summed E-state index contributed by atoms with van der Waals surface area (Å²) < 4.78 is 6.99. The lowest BCUT2D eigenvalue weighted by Crippen LogP contribution is -2.15. The Morgan fingerprint density at radius 2 is 1.75 bits per heavy atom. The van der Waals surface area contributed by atoms with E-state index in [1.807, 2.05) is 6.92 Å². The molecule has 0 radical (unpaired) electrons. The first-order valence-corrected chi connectivity index (χ1v) is 9.43. The van der Waals surface area contributed by atoms with Crippen LogP contribution in [0, 0.1) is 13.8 Å². The number of esters is 1. The standard InChI is InChI=1S/C21H18Cl2N2O3/c1-4-25-20(28-21(27)14-8-6-5-7-9-14)16(11-24-25)19(26)15-10-12(2)17(22)13(3)18(15)23/h5-11H,4H2,1-3H3. The van der Waals surface area contributed by atoms with E-state index >= 15 is 0 Å². The maximum Gasteiger partial charge on any atom is 0.344 e. The van der Waals surface area contributed by atoms with Gasteiger partial charge >= 0.3 is 5.97 Å². The molecule has 0 saturated carbocycles. The van der Waals surface area contributed by atoms with Gasteiger partial charge in [0.25, 0.3) is 0 Å². The second-order valence-corrected chi connectivity index (χ2v) is 7.01. The first-order valence-electron chi connectivity index (χ1n) is 8.68. The quantitative estimate of drug-likeness (QED) is 0.419. The van der Waals surface area contributed by atoms with Crippen LogP contribution in [0.4, 0.5) is 0 Å². The Hall–Kier alpha value is -2.63. The van der Waals surface area contributed by atoms with Crippen LogP contribution >= 0.6 is 23.2 Å². The molecular weight excluding hydrogens is 399 g/mol. The molecule has 0 aliphatic carbocycles. The average molecular weight is 417 g/mol. The molecule has 7 heteroatoms. The summed E-state index contributed by atoms with van der Waals surface area (Å²) in [6, 6.07) is 10.2. The minimum atomic E-state index is -0.570. The molecule has 144 valence electrons. The number of hydrogen-bond acceptors (Lipinski definition) is 4. The first-order chi connectivity index (χ1) is 13.3. The van der Waals surface area contributed by atoms with Crippen molar-refractivity contribution in [3.8, 4) is 5.88 Å². The van der Waals surface area contributed by atoms with E-state index < -0.39 is 5.97 Å². The fourth-order valence-corrected chi connectivity index (χ4v) is 3.26. The predicted octanol–water partition coefficient (Wildman–Crippen LogP) is 5.28. The van der Waals surface area contributed by atoms with Crippen LogP contribution in [0.2, 0.25) is 10.0 Å². The van der Waals surface area contributed by atoms with Crippen LogP contribution in [0.5, 0.6) is 5.88 Å². The summed E-state index contributed by atoms with van der Waals surface area (Å²) in [6.07, 6.45) is 1.38. The number of carbonyl (C=O) groups excluding carboxylic acids is 2. The Bertz CT molecular complexity index is 1060. The number of hydrogen-bond donors (Lipinski definition) is 0. The molecule has 0 fully saturated rings. The number of carbonyl (C=O) groups is 2. The molecule has 0 amide bonds. The Labute approximate surface area is 172 Å². The van der Waals surface area contributed by atoms with Crippen molar-refractivity contribution < 1.29 is 14.3 Å². The third-order valence-corrected chi connectivity index (χ3v) is 5.45. The predicted molar refractivity (Wildman–Crippen MR) is 109 cm³/mol. The summed E-state index contributed by atoms with van der Waals surface area (Å²) in [7, 11) is 0. The smallest absolute Gasteiger partial charge is 0.344 e. The number of ketones is 1. The van der Waals surface area contributed by atoms with Crippen LogP contribution in [-0.2, 0) is 6.54 Å². The summed E-state index contributed by atoms with van der Waals surface area (Å²) in [4.78, 5) is 25.7. The third kappa shape index (κ3) is 3.68. The molecule has 0 unspecified atom stereocenters. The summed E-state index contributed by atoms with van der Waals surface area (Å²) in [5.74, 6) is -0.870. The average Bonchev–Trinajstić information content (AvgIpc) is 3.11. The van der Waals surface area contributed by atoms with Crippen molar-refractivity contribution in [1.82, 2.24) is 9.78 Å². The number of benzene rings is 2. The zero-order chi connectivity index (χ0) is 20.4. The lowest BCUT2D eigenvalue weighted by Gasteiger charge is -2.12. The lowest BCUT2D eigenvalue weighted by atomic mass is 10.0. The zero-order valence-electron chi connectivity index (χ0n) is 15.6. The number of nitrogens with zero attached hydrogens (tertiary/aromatic N) is 2. The molecular formula is C21H18Cl2N2O3. The number of rotatable bonds is 5. The van der Waals surface area contributed by atoms with Gasteiger partial charge in [-0.25, -0.2) is 9.48 Å². The maximum atomic E-state index is 13.2. The van der Waals surface area contributed by atoms with E-state index in [1.165, 1.54) is 10.9 Å². The minimum absolute atomic E-state index is 0.0858. The van der Waals surface area contributed by atoms with Crippen molar-refractivity contribution in [2.24, 2.45) is 0 Å². The molecule has 1 heterocycles. The van der Waals surface area contributed by atoms with Crippen molar-refractivity contribution in [3.63, 3.8) is 0 Å². The van der Waals surface area contributed by atoms with Crippen molar-refractivity contribution in [3.05, 3.63) is 80.5 Å². The summed E-state index contributed by atoms with van der Waals surface area (Å²) in [6.45, 7) is 5.82. The molecule has 3 rings (SSSR count). The van der Waals surface area contributed by atoms with Crippen molar-refractivity contribution in [2.75, 3.05) is 0 Å². The molecule has 0 saturated heterocycles. The van der Waals surface area contributed by atoms with Crippen LogP contribution in [-0.4, -0.2) is 21.5 Å². The molecule has 0 bridgehead atoms. The van der Waals surface area contributed by atoms with Crippen LogP contribution in [0.1, 0.15) is 44.3 Å². The first kappa shape index (κ1) is 20.1. The van der Waals surface area contributed by atoms with Gasteiger partial charge < -0.3 is 4.74 Å². The van der Waals surface area contributed by atoms with Crippen molar-refractivity contribution >= 4 is 35.0 Å². The molecule has 5 nitrogen and oxygen atoms in total. The molecule has 0 aliphatic heterocycles. The van der Waals surface area contributed by atoms with Gasteiger partial charge in [-0.2, -0.15) is 5.10 Å². The van der Waals surface area contributed by atoms with Crippen LogP contribution in [0.25, 0.3) is 0 Å². The summed E-state index contributed by atoms with van der Waals surface area (Å²) in [5.41, 5.74) is 2.18. The highest BCUT2D eigenvalue weighted by Crippen LogP contribution is 2.33. The van der Waals surface area contributed by atoms with Gasteiger partial charge in [-0.3, -0.25) is 4.79 Å². The monoisotopic (exact) mass is 416 g/mol.